The zero-order valence-corrected chi connectivity index (χ0v) is 17.5. The summed E-state index contributed by atoms with van der Waals surface area (Å²) in [5.74, 6) is -1.87. The van der Waals surface area contributed by atoms with Gasteiger partial charge in [0, 0.05) is 6.42 Å². The molecule has 3 aliphatic heterocycles. The van der Waals surface area contributed by atoms with Crippen molar-refractivity contribution in [2.75, 3.05) is 26.4 Å². The maximum absolute atomic E-state index is 10.3. The van der Waals surface area contributed by atoms with Gasteiger partial charge < -0.3 is 74.7 Å². The van der Waals surface area contributed by atoms with Crippen molar-refractivity contribution in [3.63, 3.8) is 0 Å². The van der Waals surface area contributed by atoms with Crippen LogP contribution >= 0.6 is 0 Å². The third kappa shape index (κ3) is 5.48. The lowest BCUT2D eigenvalue weighted by molar-refractivity contribution is -0.377. The van der Waals surface area contributed by atoms with E-state index in [1.54, 1.807) is 0 Å². The highest BCUT2D eigenvalue weighted by atomic mass is 16.8. The summed E-state index contributed by atoms with van der Waals surface area (Å²) in [5.41, 5.74) is 0. The van der Waals surface area contributed by atoms with Gasteiger partial charge in [-0.15, -0.1) is 0 Å². The quantitative estimate of drug-likeness (QED) is 0.152. The van der Waals surface area contributed by atoms with Gasteiger partial charge in [-0.3, -0.25) is 0 Å². The zero-order valence-electron chi connectivity index (χ0n) is 17.5. The molecule has 0 aliphatic carbocycles. The Hall–Kier alpha value is -0.600. The highest BCUT2D eigenvalue weighted by Crippen LogP contribution is 2.35. The van der Waals surface area contributed by atoms with Crippen molar-refractivity contribution in [3.8, 4) is 0 Å². The molecule has 0 aromatic carbocycles. The SMILES string of the molecule is OCC1O[C@H](OCC2O[C@H](O[C@@]3(CO)CC(O)[C@H](CO)O3)C(O)C(O)[C@@H]2O)C(O)C(O)[C@H]1O. The number of hydrogen-bond donors (Lipinski definition) is 10. The van der Waals surface area contributed by atoms with E-state index in [0.717, 1.165) is 0 Å². The normalized spacial score (nSPS) is 51.1. The lowest BCUT2D eigenvalue weighted by Gasteiger charge is -2.44. The predicted octanol–water partition coefficient (Wildman–Crippen LogP) is -6.54. The van der Waals surface area contributed by atoms with Gasteiger partial charge in [-0.1, -0.05) is 0 Å². The Balaban J connectivity index is 1.66. The number of hydrogen-bond acceptors (Lipinski definition) is 15. The van der Waals surface area contributed by atoms with Crippen LogP contribution in [-0.2, 0) is 23.7 Å². The van der Waals surface area contributed by atoms with Crippen molar-refractivity contribution >= 4 is 0 Å². The average molecular weight is 488 g/mol. The van der Waals surface area contributed by atoms with Gasteiger partial charge in [0.1, 0.15) is 54.9 Å². The summed E-state index contributed by atoms with van der Waals surface area (Å²) in [7, 11) is 0. The van der Waals surface area contributed by atoms with E-state index in [2.05, 4.69) is 0 Å². The van der Waals surface area contributed by atoms with Crippen LogP contribution in [0.15, 0.2) is 0 Å². The number of rotatable bonds is 8. The van der Waals surface area contributed by atoms with E-state index in [-0.39, 0.29) is 6.42 Å². The molecule has 10 N–H and O–H groups in total. The van der Waals surface area contributed by atoms with Gasteiger partial charge in [0.2, 0.25) is 0 Å². The molecule has 7 unspecified atom stereocenters. The Bertz CT molecular complexity index is 624. The molecule has 3 rings (SSSR count). The van der Waals surface area contributed by atoms with E-state index in [1.807, 2.05) is 0 Å². The first-order chi connectivity index (χ1) is 15.6. The molecule has 0 amide bonds. The molecule has 3 aliphatic rings. The first kappa shape index (κ1) is 27.0. The minimum Gasteiger partial charge on any atom is -0.394 e. The lowest BCUT2D eigenvalue weighted by atomic mass is 9.98. The van der Waals surface area contributed by atoms with E-state index in [0.29, 0.717) is 0 Å². The molecule has 0 aromatic rings. The van der Waals surface area contributed by atoms with Crippen LogP contribution in [0.5, 0.6) is 0 Å². The lowest BCUT2D eigenvalue weighted by Crippen LogP contribution is -2.62. The van der Waals surface area contributed by atoms with Gasteiger partial charge >= 0.3 is 0 Å². The summed E-state index contributed by atoms with van der Waals surface area (Å²) < 4.78 is 26.8. The molecule has 3 saturated heterocycles. The molecule has 15 heteroatoms. The molecule has 0 bridgehead atoms. The molecule has 0 aromatic heterocycles. The highest BCUT2D eigenvalue weighted by Gasteiger charge is 2.53. The van der Waals surface area contributed by atoms with Gasteiger partial charge in [0.25, 0.3) is 0 Å². The summed E-state index contributed by atoms with van der Waals surface area (Å²) in [6.07, 6.45) is -18.7. The van der Waals surface area contributed by atoms with Gasteiger partial charge in [-0.05, 0) is 0 Å². The van der Waals surface area contributed by atoms with E-state index < -0.39 is 106 Å². The van der Waals surface area contributed by atoms with Crippen LogP contribution in [0.3, 0.4) is 0 Å². The third-order valence-corrected chi connectivity index (χ3v) is 6.01. The number of ether oxygens (including phenoxy) is 5. The van der Waals surface area contributed by atoms with Gasteiger partial charge in [-0.25, -0.2) is 0 Å². The smallest absolute Gasteiger partial charge is 0.197 e. The Morgan fingerprint density at radius 2 is 1.21 bits per heavy atom. The maximum Gasteiger partial charge on any atom is 0.197 e. The molecular formula is C18H32O15. The van der Waals surface area contributed by atoms with Crippen LogP contribution in [0.1, 0.15) is 6.42 Å². The van der Waals surface area contributed by atoms with Crippen LogP contribution in [-0.4, -0.2) is 157 Å². The third-order valence-electron chi connectivity index (χ3n) is 6.01. The number of aliphatic hydroxyl groups is 10. The molecule has 194 valence electrons. The summed E-state index contributed by atoms with van der Waals surface area (Å²) >= 11 is 0. The second-order valence-corrected chi connectivity index (χ2v) is 8.34. The molecular weight excluding hydrogens is 456 g/mol. The average Bonchev–Trinajstić information content (AvgIpc) is 3.13. The highest BCUT2D eigenvalue weighted by molar-refractivity contribution is 4.94. The van der Waals surface area contributed by atoms with Crippen molar-refractivity contribution < 1.29 is 74.7 Å². The largest absolute Gasteiger partial charge is 0.394 e. The fraction of sp³-hybridized carbons (Fsp3) is 1.00. The standard InChI is InChI=1S/C18H32O15/c19-2-7-6(22)1-18(5-21,32-7)33-17-15(28)13(26)11(24)9(31-17)4-29-16-14(27)12(25)10(23)8(3-20)30-16/h6-17,19-28H,1-5H2/t6?,7-,8?,9?,10-,11+,12?,13?,14?,15?,16-,17+,18+/m0/s1. The van der Waals surface area contributed by atoms with Crippen molar-refractivity contribution in [3.05, 3.63) is 0 Å². The molecule has 33 heavy (non-hydrogen) atoms. The fourth-order valence-electron chi connectivity index (χ4n) is 3.98. The van der Waals surface area contributed by atoms with E-state index in [4.69, 9.17) is 23.7 Å². The minimum absolute atomic E-state index is 0.286. The Morgan fingerprint density at radius 1 is 0.667 bits per heavy atom. The second kappa shape index (κ2) is 11.0. The summed E-state index contributed by atoms with van der Waals surface area (Å²) in [6, 6.07) is 0. The molecule has 15 nitrogen and oxygen atoms in total. The Kier molecular flexibility index (Phi) is 8.99. The monoisotopic (exact) mass is 488 g/mol. The van der Waals surface area contributed by atoms with E-state index in [1.165, 1.54) is 0 Å². The van der Waals surface area contributed by atoms with Gasteiger partial charge in [0.15, 0.2) is 18.4 Å². The van der Waals surface area contributed by atoms with Crippen molar-refractivity contribution in [1.82, 2.24) is 0 Å². The summed E-state index contributed by atoms with van der Waals surface area (Å²) in [5, 5.41) is 98.6. The number of aliphatic hydroxyl groups excluding tert-OH is 10. The molecule has 0 spiro atoms. The molecule has 0 saturated carbocycles. The Morgan fingerprint density at radius 3 is 1.76 bits per heavy atom. The van der Waals surface area contributed by atoms with Crippen molar-refractivity contribution in [1.29, 1.82) is 0 Å². The predicted molar refractivity (Wildman–Crippen MR) is 99.9 cm³/mol. The van der Waals surface area contributed by atoms with Gasteiger partial charge in [0.05, 0.1) is 32.5 Å². The van der Waals surface area contributed by atoms with Gasteiger partial charge in [-0.2, -0.15) is 0 Å². The van der Waals surface area contributed by atoms with E-state index in [9.17, 15) is 51.1 Å². The topological polar surface area (TPSA) is 248 Å². The minimum atomic E-state index is -1.87. The molecule has 3 heterocycles. The van der Waals surface area contributed by atoms with Crippen molar-refractivity contribution in [2.45, 2.75) is 85.8 Å². The van der Waals surface area contributed by atoms with Crippen LogP contribution in [0.2, 0.25) is 0 Å². The summed E-state index contributed by atoms with van der Waals surface area (Å²) in [4.78, 5) is 0. The fourth-order valence-corrected chi connectivity index (χ4v) is 3.98. The van der Waals surface area contributed by atoms with E-state index >= 15 is 0 Å². The summed E-state index contributed by atoms with van der Waals surface area (Å²) in [6.45, 7) is -2.62. The first-order valence-electron chi connectivity index (χ1n) is 10.4. The van der Waals surface area contributed by atoms with Crippen LogP contribution in [0, 0.1) is 0 Å². The molecule has 3 fully saturated rings. The zero-order chi connectivity index (χ0) is 24.5. The maximum atomic E-state index is 10.3. The first-order valence-corrected chi connectivity index (χ1v) is 10.4. The second-order valence-electron chi connectivity index (χ2n) is 8.34. The van der Waals surface area contributed by atoms with Crippen LogP contribution in [0.25, 0.3) is 0 Å². The molecule has 0 radical (unpaired) electrons. The van der Waals surface area contributed by atoms with Crippen molar-refractivity contribution in [2.24, 2.45) is 0 Å². The van der Waals surface area contributed by atoms with Crippen LogP contribution < -0.4 is 0 Å². The molecule has 13 atom stereocenters. The van der Waals surface area contributed by atoms with Crippen LogP contribution in [0.4, 0.5) is 0 Å². The Labute approximate surface area is 187 Å².